The summed E-state index contributed by atoms with van der Waals surface area (Å²) in [6.45, 7) is 2.67. The van der Waals surface area contributed by atoms with Crippen LogP contribution in [0.4, 0.5) is 0 Å². The molecule has 122 valence electrons. The number of aromatic amines is 1. The fourth-order valence-corrected chi connectivity index (χ4v) is 3.44. The van der Waals surface area contributed by atoms with E-state index in [0.717, 1.165) is 35.0 Å². The molecule has 1 atom stereocenters. The standard InChI is InChI=1S/C18H23N3O2/c1-12-14(13-7-4-5-8-15(13)19-12)11-17(22)21-10-6-9-16(21)18(23)20(2)3/h4-5,7-8,16,19H,6,9-11H2,1-3H3. The second-order valence-corrected chi connectivity index (χ2v) is 6.43. The van der Waals surface area contributed by atoms with E-state index in [-0.39, 0.29) is 17.9 Å². The van der Waals surface area contributed by atoms with Crippen molar-refractivity contribution in [1.82, 2.24) is 14.8 Å². The van der Waals surface area contributed by atoms with Crippen molar-refractivity contribution >= 4 is 22.7 Å². The second-order valence-electron chi connectivity index (χ2n) is 6.43. The van der Waals surface area contributed by atoms with Crippen molar-refractivity contribution < 1.29 is 9.59 Å². The fraction of sp³-hybridized carbons (Fsp3) is 0.444. The molecule has 5 nitrogen and oxygen atoms in total. The first-order chi connectivity index (χ1) is 11.0. The lowest BCUT2D eigenvalue weighted by Gasteiger charge is -2.26. The van der Waals surface area contributed by atoms with Gasteiger partial charge in [-0.25, -0.2) is 0 Å². The van der Waals surface area contributed by atoms with Crippen molar-refractivity contribution in [2.75, 3.05) is 20.6 Å². The van der Waals surface area contributed by atoms with Gasteiger partial charge < -0.3 is 14.8 Å². The third-order valence-electron chi connectivity index (χ3n) is 4.65. The average molecular weight is 313 g/mol. The Morgan fingerprint density at radius 2 is 2.04 bits per heavy atom. The maximum Gasteiger partial charge on any atom is 0.244 e. The van der Waals surface area contributed by atoms with Gasteiger partial charge in [0.25, 0.3) is 0 Å². The van der Waals surface area contributed by atoms with Gasteiger partial charge in [-0.15, -0.1) is 0 Å². The van der Waals surface area contributed by atoms with Gasteiger partial charge in [0.1, 0.15) is 6.04 Å². The van der Waals surface area contributed by atoms with Gasteiger partial charge in [-0.05, 0) is 31.4 Å². The monoisotopic (exact) mass is 313 g/mol. The van der Waals surface area contributed by atoms with Crippen molar-refractivity contribution in [2.45, 2.75) is 32.2 Å². The van der Waals surface area contributed by atoms with Crippen LogP contribution in [-0.4, -0.2) is 53.3 Å². The molecule has 1 fully saturated rings. The minimum Gasteiger partial charge on any atom is -0.358 e. The van der Waals surface area contributed by atoms with Gasteiger partial charge in [0, 0.05) is 37.2 Å². The molecule has 0 saturated carbocycles. The molecule has 1 N–H and O–H groups in total. The fourth-order valence-electron chi connectivity index (χ4n) is 3.44. The molecule has 1 unspecified atom stereocenters. The summed E-state index contributed by atoms with van der Waals surface area (Å²) in [7, 11) is 3.49. The molecule has 1 aliphatic rings. The minimum atomic E-state index is -0.303. The molecular formula is C18H23N3O2. The lowest BCUT2D eigenvalue weighted by atomic mass is 10.1. The van der Waals surface area contributed by atoms with Gasteiger partial charge in [-0.1, -0.05) is 18.2 Å². The molecule has 2 aromatic rings. The van der Waals surface area contributed by atoms with Gasteiger partial charge in [-0.3, -0.25) is 9.59 Å². The summed E-state index contributed by atoms with van der Waals surface area (Å²) in [5.41, 5.74) is 3.11. The van der Waals surface area contributed by atoms with E-state index in [9.17, 15) is 9.59 Å². The number of rotatable bonds is 3. The van der Waals surface area contributed by atoms with Gasteiger partial charge >= 0.3 is 0 Å². The average Bonchev–Trinajstić information content (AvgIpc) is 3.12. The molecule has 1 aromatic heterocycles. The van der Waals surface area contributed by atoms with E-state index in [1.54, 1.807) is 23.9 Å². The molecule has 5 heteroatoms. The van der Waals surface area contributed by atoms with Crippen LogP contribution in [-0.2, 0) is 16.0 Å². The zero-order valence-electron chi connectivity index (χ0n) is 13.9. The molecule has 3 rings (SSSR count). The van der Waals surface area contributed by atoms with Gasteiger partial charge in [-0.2, -0.15) is 0 Å². The zero-order chi connectivity index (χ0) is 16.6. The predicted molar refractivity (Wildman–Crippen MR) is 90.2 cm³/mol. The number of nitrogens with zero attached hydrogens (tertiary/aromatic N) is 2. The number of para-hydroxylation sites is 1. The number of hydrogen-bond donors (Lipinski definition) is 1. The van der Waals surface area contributed by atoms with Crippen LogP contribution in [0.5, 0.6) is 0 Å². The SMILES string of the molecule is Cc1[nH]c2ccccc2c1CC(=O)N1CCCC1C(=O)N(C)C. The maximum atomic E-state index is 12.8. The number of nitrogens with one attached hydrogen (secondary N) is 1. The summed E-state index contributed by atoms with van der Waals surface area (Å²) in [5, 5.41) is 1.09. The zero-order valence-corrected chi connectivity index (χ0v) is 13.9. The molecule has 1 saturated heterocycles. The van der Waals surface area contributed by atoms with E-state index in [4.69, 9.17) is 0 Å². The number of likely N-dealkylation sites (N-methyl/N-ethyl adjacent to an activating group) is 1. The van der Waals surface area contributed by atoms with Gasteiger partial charge in [0.05, 0.1) is 6.42 Å². The highest BCUT2D eigenvalue weighted by atomic mass is 16.2. The molecule has 0 radical (unpaired) electrons. The van der Waals surface area contributed by atoms with Crippen molar-refractivity contribution in [3.05, 3.63) is 35.5 Å². The normalized spacial score (nSPS) is 17.7. The molecule has 0 spiro atoms. The van der Waals surface area contributed by atoms with Crippen molar-refractivity contribution in [1.29, 1.82) is 0 Å². The highest BCUT2D eigenvalue weighted by Crippen LogP contribution is 2.25. The summed E-state index contributed by atoms with van der Waals surface area (Å²) in [6.07, 6.45) is 1.99. The molecule has 0 bridgehead atoms. The summed E-state index contributed by atoms with van der Waals surface area (Å²) >= 11 is 0. The van der Waals surface area contributed by atoms with E-state index in [0.29, 0.717) is 13.0 Å². The number of hydrogen-bond acceptors (Lipinski definition) is 2. The Kier molecular flexibility index (Phi) is 4.11. The predicted octanol–water partition coefficient (Wildman–Crippen LogP) is 2.10. The van der Waals surface area contributed by atoms with Crippen LogP contribution >= 0.6 is 0 Å². The lowest BCUT2D eigenvalue weighted by molar-refractivity contribution is -0.141. The summed E-state index contributed by atoms with van der Waals surface area (Å²) in [5.74, 6) is 0.0575. The van der Waals surface area contributed by atoms with E-state index in [2.05, 4.69) is 4.98 Å². The number of H-pyrrole nitrogens is 1. The van der Waals surface area contributed by atoms with Crippen LogP contribution in [0.2, 0.25) is 0 Å². The Balaban J connectivity index is 1.83. The highest BCUT2D eigenvalue weighted by Gasteiger charge is 2.35. The summed E-state index contributed by atoms with van der Waals surface area (Å²) < 4.78 is 0. The van der Waals surface area contributed by atoms with Crippen molar-refractivity contribution in [2.24, 2.45) is 0 Å². The van der Waals surface area contributed by atoms with Crippen LogP contribution in [0.15, 0.2) is 24.3 Å². The van der Waals surface area contributed by atoms with Gasteiger partial charge in [0.15, 0.2) is 0 Å². The van der Waals surface area contributed by atoms with Crippen LogP contribution in [0.1, 0.15) is 24.1 Å². The first-order valence-electron chi connectivity index (χ1n) is 8.06. The first kappa shape index (κ1) is 15.6. The highest BCUT2D eigenvalue weighted by molar-refractivity contribution is 5.92. The Labute approximate surface area is 136 Å². The first-order valence-corrected chi connectivity index (χ1v) is 8.06. The molecule has 1 aromatic carbocycles. The number of aryl methyl sites for hydroxylation is 1. The maximum absolute atomic E-state index is 12.8. The molecular weight excluding hydrogens is 290 g/mol. The van der Waals surface area contributed by atoms with Crippen molar-refractivity contribution in [3.8, 4) is 0 Å². The summed E-state index contributed by atoms with van der Waals surface area (Å²) in [4.78, 5) is 31.7. The number of carbonyl (C=O) groups excluding carboxylic acids is 2. The third kappa shape index (κ3) is 2.83. The van der Waals surface area contributed by atoms with E-state index < -0.39 is 0 Å². The minimum absolute atomic E-state index is 0.0199. The van der Waals surface area contributed by atoms with E-state index in [1.807, 2.05) is 31.2 Å². The van der Waals surface area contributed by atoms with Crippen LogP contribution in [0.25, 0.3) is 10.9 Å². The number of likely N-dealkylation sites (tertiary alicyclic amines) is 1. The van der Waals surface area contributed by atoms with E-state index >= 15 is 0 Å². The molecule has 0 aliphatic carbocycles. The van der Waals surface area contributed by atoms with Crippen LogP contribution in [0, 0.1) is 6.92 Å². The molecule has 23 heavy (non-hydrogen) atoms. The number of amides is 2. The number of aromatic nitrogens is 1. The topological polar surface area (TPSA) is 56.4 Å². The second kappa shape index (κ2) is 6.07. The largest absolute Gasteiger partial charge is 0.358 e. The molecule has 2 heterocycles. The Morgan fingerprint density at radius 3 is 2.78 bits per heavy atom. The number of fused-ring (bicyclic) bond motifs is 1. The smallest absolute Gasteiger partial charge is 0.244 e. The van der Waals surface area contributed by atoms with Crippen molar-refractivity contribution in [3.63, 3.8) is 0 Å². The molecule has 2 amide bonds. The van der Waals surface area contributed by atoms with Crippen LogP contribution in [0.3, 0.4) is 0 Å². The van der Waals surface area contributed by atoms with E-state index in [1.165, 1.54) is 0 Å². The summed E-state index contributed by atoms with van der Waals surface area (Å²) in [6, 6.07) is 7.72. The Bertz CT molecular complexity index is 748. The van der Waals surface area contributed by atoms with Crippen LogP contribution < -0.4 is 0 Å². The van der Waals surface area contributed by atoms with Gasteiger partial charge in [0.2, 0.25) is 11.8 Å². The number of benzene rings is 1. The number of carbonyl (C=O) groups is 2. The lowest BCUT2D eigenvalue weighted by Crippen LogP contribution is -2.46. The molecule has 1 aliphatic heterocycles. The quantitative estimate of drug-likeness (QED) is 0.943. The Hall–Kier alpha value is -2.30. The third-order valence-corrected chi connectivity index (χ3v) is 4.65. The Morgan fingerprint density at radius 1 is 1.30 bits per heavy atom.